The normalized spacial score (nSPS) is 14.9. The molecule has 0 aliphatic carbocycles. The molecule has 1 N–H and O–H groups in total. The van der Waals surface area contributed by atoms with E-state index in [0.717, 1.165) is 40.7 Å². The molecule has 0 aliphatic rings. The smallest absolute Gasteiger partial charge is 0.344 e. The third kappa shape index (κ3) is 4.47. The highest BCUT2D eigenvalue weighted by molar-refractivity contribution is 7.58. The Kier molecular flexibility index (Phi) is 6.16. The van der Waals surface area contributed by atoms with Crippen LogP contribution < -0.4 is 4.90 Å². The summed E-state index contributed by atoms with van der Waals surface area (Å²) >= 11 is 7.32. The van der Waals surface area contributed by atoms with Gasteiger partial charge in [0.1, 0.15) is 5.66 Å². The van der Waals surface area contributed by atoms with Crippen LogP contribution in [0.25, 0.3) is 10.1 Å². The first kappa shape index (κ1) is 22.6. The Morgan fingerprint density at radius 3 is 2.60 bits per heavy atom. The molecule has 2 aromatic carbocycles. The van der Waals surface area contributed by atoms with Crippen LogP contribution in [0.5, 0.6) is 0 Å². The van der Waals surface area contributed by atoms with Crippen LogP contribution in [0.3, 0.4) is 0 Å². The summed E-state index contributed by atoms with van der Waals surface area (Å²) in [5.41, 5.74) is -2.28. The molecule has 10 heteroatoms. The zero-order valence-corrected chi connectivity index (χ0v) is 18.0. The highest BCUT2D eigenvalue weighted by Crippen LogP contribution is 2.55. The largest absolute Gasteiger partial charge is 0.416 e. The van der Waals surface area contributed by atoms with Crippen LogP contribution in [0.15, 0.2) is 60.6 Å². The van der Waals surface area contributed by atoms with Gasteiger partial charge < -0.3 is 4.89 Å². The molecule has 0 bridgehead atoms. The zero-order valence-electron chi connectivity index (χ0n) is 15.6. The Labute approximate surface area is 179 Å². The number of amides is 1. The monoisotopic (exact) mass is 473 g/mol. The van der Waals surface area contributed by atoms with Crippen molar-refractivity contribution in [1.82, 2.24) is 0 Å². The van der Waals surface area contributed by atoms with Crippen molar-refractivity contribution < 1.29 is 27.4 Å². The van der Waals surface area contributed by atoms with E-state index in [2.05, 4.69) is 6.58 Å². The van der Waals surface area contributed by atoms with Crippen LogP contribution >= 0.6 is 30.3 Å². The maximum Gasteiger partial charge on any atom is 0.416 e. The number of carbonyl (C=O) groups excluding carboxylic acids is 1. The summed E-state index contributed by atoms with van der Waals surface area (Å²) in [4.78, 5) is 24.6. The van der Waals surface area contributed by atoms with Gasteiger partial charge in [0.15, 0.2) is 0 Å². The Morgan fingerprint density at radius 2 is 2.00 bits per heavy atom. The molecule has 0 radical (unpaired) electrons. The first-order chi connectivity index (χ1) is 13.9. The van der Waals surface area contributed by atoms with E-state index in [1.54, 1.807) is 23.6 Å². The predicted molar refractivity (Wildman–Crippen MR) is 114 cm³/mol. The number of hydrogen-bond acceptors (Lipinski definition) is 3. The summed E-state index contributed by atoms with van der Waals surface area (Å²) in [6.07, 6.45) is -3.58. The number of thiophene rings is 1. The van der Waals surface area contributed by atoms with Gasteiger partial charge in [0.2, 0.25) is 13.3 Å². The van der Waals surface area contributed by atoms with E-state index in [4.69, 9.17) is 11.6 Å². The van der Waals surface area contributed by atoms with E-state index in [-0.39, 0.29) is 11.3 Å². The summed E-state index contributed by atoms with van der Waals surface area (Å²) in [6.45, 7) is 4.55. The second-order valence-electron chi connectivity index (χ2n) is 6.62. The molecule has 1 aromatic heterocycles. The molecule has 0 fully saturated rings. The van der Waals surface area contributed by atoms with Crippen molar-refractivity contribution in [1.29, 1.82) is 0 Å². The summed E-state index contributed by atoms with van der Waals surface area (Å²) < 4.78 is 52.8. The Bertz CT molecular complexity index is 1170. The second kappa shape index (κ2) is 8.19. The standard InChI is InChI=1S/C20H16ClF3NO3PS/c1-3-25(14-6-4-5-12(9-14)20(22,23)24)19(26)18(29(2,27)28)16-11-30-17-8-7-13(21)10-15(16)17/h3-11,18H,1H2,2H3,(H,27,28). The molecule has 3 rings (SSSR count). The summed E-state index contributed by atoms with van der Waals surface area (Å²) in [6, 6.07) is 9.08. The highest BCUT2D eigenvalue weighted by atomic mass is 35.5. The lowest BCUT2D eigenvalue weighted by Gasteiger charge is -2.26. The van der Waals surface area contributed by atoms with Gasteiger partial charge in [0.25, 0.3) is 0 Å². The molecule has 158 valence electrons. The molecule has 0 spiro atoms. The number of alkyl halides is 3. The fraction of sp³-hybridized carbons (Fsp3) is 0.150. The quantitative estimate of drug-likeness (QED) is 0.420. The number of rotatable bonds is 5. The summed E-state index contributed by atoms with van der Waals surface area (Å²) in [5.74, 6) is -0.864. The topological polar surface area (TPSA) is 57.6 Å². The molecular weight excluding hydrogens is 458 g/mol. The first-order valence-corrected chi connectivity index (χ1v) is 12.0. The van der Waals surface area contributed by atoms with Crippen molar-refractivity contribution in [3.05, 3.63) is 76.8 Å². The van der Waals surface area contributed by atoms with E-state index < -0.39 is 30.7 Å². The Morgan fingerprint density at radius 1 is 1.30 bits per heavy atom. The van der Waals surface area contributed by atoms with Crippen molar-refractivity contribution in [3.63, 3.8) is 0 Å². The number of halogens is 4. The van der Waals surface area contributed by atoms with Crippen molar-refractivity contribution in [2.45, 2.75) is 11.8 Å². The Balaban J connectivity index is 2.13. The van der Waals surface area contributed by atoms with Gasteiger partial charge in [-0.2, -0.15) is 13.2 Å². The number of fused-ring (bicyclic) bond motifs is 1. The van der Waals surface area contributed by atoms with Crippen molar-refractivity contribution in [2.24, 2.45) is 0 Å². The predicted octanol–water partition coefficient (Wildman–Crippen LogP) is 6.69. The molecule has 2 unspecified atom stereocenters. The van der Waals surface area contributed by atoms with Gasteiger partial charge >= 0.3 is 6.18 Å². The maximum absolute atomic E-state index is 13.3. The lowest BCUT2D eigenvalue weighted by Crippen LogP contribution is -2.30. The van der Waals surface area contributed by atoms with Crippen molar-refractivity contribution in [3.8, 4) is 0 Å². The second-order valence-corrected chi connectivity index (χ2v) is 10.4. The van der Waals surface area contributed by atoms with Gasteiger partial charge in [0.05, 0.1) is 5.56 Å². The minimum atomic E-state index is -4.61. The highest BCUT2D eigenvalue weighted by Gasteiger charge is 2.39. The van der Waals surface area contributed by atoms with Gasteiger partial charge in [0, 0.05) is 28.3 Å². The number of anilines is 1. The molecule has 0 aliphatic heterocycles. The average Bonchev–Trinajstić information content (AvgIpc) is 3.03. The van der Waals surface area contributed by atoms with Gasteiger partial charge in [-0.05, 0) is 52.7 Å². The summed E-state index contributed by atoms with van der Waals surface area (Å²) in [7, 11) is -4.07. The summed E-state index contributed by atoms with van der Waals surface area (Å²) in [5, 5.41) is 2.51. The van der Waals surface area contributed by atoms with Gasteiger partial charge in [-0.15, -0.1) is 11.3 Å². The maximum atomic E-state index is 13.3. The minimum absolute atomic E-state index is 0.110. The van der Waals surface area contributed by atoms with Crippen LogP contribution in [0.1, 0.15) is 16.8 Å². The van der Waals surface area contributed by atoms with E-state index >= 15 is 0 Å². The lowest BCUT2D eigenvalue weighted by atomic mass is 10.1. The molecule has 4 nitrogen and oxygen atoms in total. The molecule has 0 saturated carbocycles. The third-order valence-corrected chi connectivity index (χ3v) is 7.12. The van der Waals surface area contributed by atoms with Crippen molar-refractivity contribution in [2.75, 3.05) is 11.6 Å². The van der Waals surface area contributed by atoms with Gasteiger partial charge in [-0.1, -0.05) is 24.2 Å². The first-order valence-electron chi connectivity index (χ1n) is 8.53. The van der Waals surface area contributed by atoms with E-state index in [9.17, 15) is 27.4 Å². The lowest BCUT2D eigenvalue weighted by molar-refractivity contribution is -0.137. The molecular formula is C20H16ClF3NO3PS. The zero-order chi connectivity index (χ0) is 22.3. The molecule has 3 aromatic rings. The SMILES string of the molecule is C=CN(C(=O)C(c1csc2ccc(Cl)cc12)P(C)(=O)O)c1cccc(C(F)(F)F)c1. The number of hydrogen-bond donors (Lipinski definition) is 1. The van der Waals surface area contributed by atoms with Crippen molar-refractivity contribution >= 4 is 52.0 Å². The molecule has 2 atom stereocenters. The molecule has 30 heavy (non-hydrogen) atoms. The molecule has 1 heterocycles. The fourth-order valence-corrected chi connectivity index (χ4v) is 5.62. The Hall–Kier alpha value is -2.12. The van der Waals surface area contributed by atoms with Crippen LogP contribution in [-0.2, 0) is 15.5 Å². The minimum Gasteiger partial charge on any atom is -0.344 e. The van der Waals surface area contributed by atoms with Gasteiger partial charge in [-0.25, -0.2) is 0 Å². The van der Waals surface area contributed by atoms with Crippen LogP contribution in [0.2, 0.25) is 5.02 Å². The van der Waals surface area contributed by atoms with Crippen LogP contribution in [0.4, 0.5) is 18.9 Å². The van der Waals surface area contributed by atoms with Gasteiger partial charge in [-0.3, -0.25) is 14.3 Å². The van der Waals surface area contributed by atoms with Crippen LogP contribution in [-0.4, -0.2) is 17.5 Å². The number of benzene rings is 2. The number of carbonyl (C=O) groups is 1. The van der Waals surface area contributed by atoms with Crippen LogP contribution in [0, 0.1) is 0 Å². The molecule has 1 amide bonds. The van der Waals surface area contributed by atoms with E-state index in [0.29, 0.717) is 10.4 Å². The third-order valence-electron chi connectivity index (χ3n) is 4.44. The van der Waals surface area contributed by atoms with E-state index in [1.807, 2.05) is 0 Å². The average molecular weight is 474 g/mol. The van der Waals surface area contributed by atoms with E-state index in [1.165, 1.54) is 17.4 Å². The molecule has 0 saturated heterocycles. The number of nitrogens with zero attached hydrogens (tertiary/aromatic N) is 1. The fourth-order valence-electron chi connectivity index (χ4n) is 3.12.